The highest BCUT2D eigenvalue weighted by Crippen LogP contribution is 2.15. The first-order valence-electron chi connectivity index (χ1n) is 27.2. The summed E-state index contributed by atoms with van der Waals surface area (Å²) in [5.74, 6) is -0.925. The van der Waals surface area contributed by atoms with Gasteiger partial charge in [-0.3, -0.25) is 14.4 Å². The molecule has 0 N–H and O–H groups in total. The molecule has 0 bridgehead atoms. The van der Waals surface area contributed by atoms with Crippen LogP contribution >= 0.6 is 0 Å². The number of carbonyl (C=O) groups excluding carboxylic acids is 3. The van der Waals surface area contributed by atoms with Crippen LogP contribution in [0.5, 0.6) is 0 Å². The van der Waals surface area contributed by atoms with Gasteiger partial charge in [0.15, 0.2) is 6.10 Å². The number of esters is 3. The number of hydrogen-bond acceptors (Lipinski definition) is 6. The fourth-order valence-electron chi connectivity index (χ4n) is 7.64. The number of allylic oxidation sites excluding steroid dienone is 8. The molecule has 1 atom stereocenters. The lowest BCUT2D eigenvalue weighted by atomic mass is 10.1. The van der Waals surface area contributed by atoms with Gasteiger partial charge in [0.05, 0.1) is 0 Å². The summed E-state index contributed by atoms with van der Waals surface area (Å²) < 4.78 is 16.8. The summed E-state index contributed by atoms with van der Waals surface area (Å²) in [7, 11) is 0. The lowest BCUT2D eigenvalue weighted by Gasteiger charge is -2.18. The van der Waals surface area contributed by atoms with E-state index >= 15 is 0 Å². The minimum Gasteiger partial charge on any atom is -0.462 e. The number of ether oxygens (including phenoxy) is 3. The summed E-state index contributed by atoms with van der Waals surface area (Å²) in [6.07, 6.45) is 62.4. The van der Waals surface area contributed by atoms with E-state index in [1.165, 1.54) is 148 Å². The van der Waals surface area contributed by atoms with Crippen LogP contribution in [0.25, 0.3) is 0 Å². The highest BCUT2D eigenvalue weighted by atomic mass is 16.6. The first-order valence-corrected chi connectivity index (χ1v) is 27.2. The Labute approximate surface area is 390 Å². The van der Waals surface area contributed by atoms with Crippen molar-refractivity contribution < 1.29 is 28.6 Å². The molecule has 0 aromatic heterocycles. The zero-order valence-electron chi connectivity index (χ0n) is 41.8. The summed E-state index contributed by atoms with van der Waals surface area (Å²) in [4.78, 5) is 38.0. The Balaban J connectivity index is 4.37. The van der Waals surface area contributed by atoms with Gasteiger partial charge in [0.2, 0.25) is 0 Å². The van der Waals surface area contributed by atoms with Crippen molar-refractivity contribution in [2.75, 3.05) is 13.2 Å². The predicted octanol–water partition coefficient (Wildman–Crippen LogP) is 17.9. The Morgan fingerprint density at radius 2 is 0.587 bits per heavy atom. The summed E-state index contributed by atoms with van der Waals surface area (Å²) in [6.45, 7) is 6.56. The van der Waals surface area contributed by atoms with Crippen LogP contribution in [-0.2, 0) is 28.6 Å². The van der Waals surface area contributed by atoms with E-state index in [-0.39, 0.29) is 31.1 Å². The second-order valence-electron chi connectivity index (χ2n) is 18.2. The summed E-state index contributed by atoms with van der Waals surface area (Å²) in [6, 6.07) is 0. The molecule has 0 aliphatic rings. The maximum Gasteiger partial charge on any atom is 0.306 e. The van der Waals surface area contributed by atoms with E-state index in [1.54, 1.807) is 0 Å². The zero-order valence-corrected chi connectivity index (χ0v) is 41.8. The normalized spacial score (nSPS) is 12.4. The Bertz CT molecular complexity index is 1110. The predicted molar refractivity (Wildman–Crippen MR) is 270 cm³/mol. The van der Waals surface area contributed by atoms with E-state index in [1.807, 2.05) is 0 Å². The van der Waals surface area contributed by atoms with Crippen LogP contribution < -0.4 is 0 Å². The fraction of sp³-hybridized carbons (Fsp3) is 0.807. The van der Waals surface area contributed by atoms with Crippen LogP contribution in [0.2, 0.25) is 0 Å². The van der Waals surface area contributed by atoms with Gasteiger partial charge >= 0.3 is 17.9 Å². The molecule has 6 heteroatoms. The molecule has 0 aliphatic heterocycles. The van der Waals surface area contributed by atoms with Gasteiger partial charge in [0.25, 0.3) is 0 Å². The Hall–Kier alpha value is -2.63. The third kappa shape index (κ3) is 50.2. The van der Waals surface area contributed by atoms with E-state index < -0.39 is 6.10 Å². The number of unbranched alkanes of at least 4 members (excludes halogenated alkanes) is 31. The van der Waals surface area contributed by atoms with Crippen molar-refractivity contribution in [3.63, 3.8) is 0 Å². The van der Waals surface area contributed by atoms with Crippen molar-refractivity contribution in [3.8, 4) is 0 Å². The standard InChI is InChI=1S/C57H102O6/c1-4-7-10-13-16-19-22-24-26-28-29-31-32-35-38-41-44-47-50-56(59)62-53-54(52-61-55(58)49-46-43-40-37-34-21-18-15-12-9-6-3)63-57(60)51-48-45-42-39-36-33-30-27-25-23-20-17-14-11-8-5-2/h15,18,21,27,29-31,34,54H,4-14,16-17,19-20,22-26,28,32-33,35-53H2,1-3H3/b18-15-,30-27-,31-29-,34-21-. The number of rotatable bonds is 49. The molecule has 1 unspecified atom stereocenters. The van der Waals surface area contributed by atoms with E-state index in [0.717, 1.165) is 89.9 Å². The molecule has 6 nitrogen and oxygen atoms in total. The molecule has 0 fully saturated rings. The summed E-state index contributed by atoms with van der Waals surface area (Å²) in [5.41, 5.74) is 0. The van der Waals surface area contributed by atoms with Gasteiger partial charge in [-0.05, 0) is 89.9 Å². The van der Waals surface area contributed by atoms with Gasteiger partial charge < -0.3 is 14.2 Å². The number of hydrogen-bond donors (Lipinski definition) is 0. The van der Waals surface area contributed by atoms with Crippen molar-refractivity contribution in [2.45, 2.75) is 284 Å². The van der Waals surface area contributed by atoms with Gasteiger partial charge in [-0.15, -0.1) is 0 Å². The molecule has 0 amide bonds. The van der Waals surface area contributed by atoms with Crippen molar-refractivity contribution in [1.29, 1.82) is 0 Å². The molecular weight excluding hydrogens is 781 g/mol. The SMILES string of the molecule is CCCC/C=C\C=C/CCCCCC(=O)OCC(COC(=O)CCCCCCC/C=C\CCCCCCCCCCC)OC(=O)CCCCCCC/C=C\CCCCCCCCC. The van der Waals surface area contributed by atoms with Crippen LogP contribution in [0.1, 0.15) is 278 Å². The molecule has 0 rings (SSSR count). The second-order valence-corrected chi connectivity index (χ2v) is 18.2. The minimum absolute atomic E-state index is 0.0884. The maximum atomic E-state index is 12.8. The van der Waals surface area contributed by atoms with Gasteiger partial charge in [0.1, 0.15) is 13.2 Å². The van der Waals surface area contributed by atoms with Crippen LogP contribution in [0.15, 0.2) is 48.6 Å². The molecule has 0 radical (unpaired) electrons. The zero-order chi connectivity index (χ0) is 45.8. The van der Waals surface area contributed by atoms with Gasteiger partial charge in [-0.25, -0.2) is 0 Å². The van der Waals surface area contributed by atoms with Crippen LogP contribution in [0.3, 0.4) is 0 Å². The van der Waals surface area contributed by atoms with Crippen molar-refractivity contribution in [2.24, 2.45) is 0 Å². The average Bonchev–Trinajstić information content (AvgIpc) is 3.28. The lowest BCUT2D eigenvalue weighted by Crippen LogP contribution is -2.30. The quantitative estimate of drug-likeness (QED) is 0.0199. The molecule has 0 aromatic rings. The van der Waals surface area contributed by atoms with Crippen LogP contribution in [0.4, 0.5) is 0 Å². The molecule has 0 saturated heterocycles. The fourth-order valence-corrected chi connectivity index (χ4v) is 7.64. The van der Waals surface area contributed by atoms with Crippen molar-refractivity contribution >= 4 is 17.9 Å². The van der Waals surface area contributed by atoms with Crippen LogP contribution in [0, 0.1) is 0 Å². The Morgan fingerprint density at radius 1 is 0.317 bits per heavy atom. The molecule has 0 aromatic carbocycles. The third-order valence-corrected chi connectivity index (χ3v) is 11.8. The second kappa shape index (κ2) is 52.0. The third-order valence-electron chi connectivity index (χ3n) is 11.8. The first-order chi connectivity index (χ1) is 31.0. The molecule has 63 heavy (non-hydrogen) atoms. The molecular formula is C57H102O6. The largest absolute Gasteiger partial charge is 0.462 e. The van der Waals surface area contributed by atoms with E-state index in [2.05, 4.69) is 69.4 Å². The molecule has 0 saturated carbocycles. The monoisotopic (exact) mass is 883 g/mol. The molecule has 0 aliphatic carbocycles. The highest BCUT2D eigenvalue weighted by Gasteiger charge is 2.19. The van der Waals surface area contributed by atoms with Gasteiger partial charge in [0, 0.05) is 19.3 Å². The van der Waals surface area contributed by atoms with Crippen LogP contribution in [-0.4, -0.2) is 37.2 Å². The van der Waals surface area contributed by atoms with Crippen molar-refractivity contribution in [3.05, 3.63) is 48.6 Å². The maximum absolute atomic E-state index is 12.8. The van der Waals surface area contributed by atoms with Gasteiger partial charge in [-0.1, -0.05) is 217 Å². The highest BCUT2D eigenvalue weighted by molar-refractivity contribution is 5.71. The Kier molecular flexibility index (Phi) is 49.8. The van der Waals surface area contributed by atoms with E-state index in [0.29, 0.717) is 19.3 Å². The lowest BCUT2D eigenvalue weighted by molar-refractivity contribution is -0.167. The summed E-state index contributed by atoms with van der Waals surface area (Å²) in [5, 5.41) is 0. The number of carbonyl (C=O) groups is 3. The minimum atomic E-state index is -0.790. The van der Waals surface area contributed by atoms with Crippen molar-refractivity contribution in [1.82, 2.24) is 0 Å². The Morgan fingerprint density at radius 3 is 0.952 bits per heavy atom. The topological polar surface area (TPSA) is 78.9 Å². The van der Waals surface area contributed by atoms with Gasteiger partial charge in [-0.2, -0.15) is 0 Å². The van der Waals surface area contributed by atoms with E-state index in [9.17, 15) is 14.4 Å². The molecule has 0 spiro atoms. The first kappa shape index (κ1) is 60.4. The molecule has 366 valence electrons. The van der Waals surface area contributed by atoms with E-state index in [4.69, 9.17) is 14.2 Å². The molecule has 0 heterocycles. The smallest absolute Gasteiger partial charge is 0.306 e. The summed E-state index contributed by atoms with van der Waals surface area (Å²) >= 11 is 0. The average molecular weight is 883 g/mol.